The number of nitrogens with two attached hydrogens (primary N) is 2. The van der Waals surface area contributed by atoms with Crippen LogP contribution in [0.5, 0.6) is 5.75 Å². The van der Waals surface area contributed by atoms with E-state index in [-0.39, 0.29) is 34.4 Å². The predicted octanol–water partition coefficient (Wildman–Crippen LogP) is 2.65. The van der Waals surface area contributed by atoms with E-state index < -0.39 is 39.7 Å². The van der Waals surface area contributed by atoms with Crippen LogP contribution in [0.3, 0.4) is 0 Å². The van der Waals surface area contributed by atoms with Crippen LogP contribution in [0.25, 0.3) is 0 Å². The first-order chi connectivity index (χ1) is 19.3. The van der Waals surface area contributed by atoms with Crippen LogP contribution in [0.1, 0.15) is 39.2 Å². The lowest BCUT2D eigenvalue weighted by molar-refractivity contribution is -0.119. The van der Waals surface area contributed by atoms with E-state index in [1.54, 1.807) is 42.5 Å². The maximum Gasteiger partial charge on any atom is 0.335 e. The number of primary amides is 1. The van der Waals surface area contributed by atoms with E-state index in [0.29, 0.717) is 21.0 Å². The number of nitrogens with one attached hydrogen (secondary N) is 3. The second kappa shape index (κ2) is 13.2. The van der Waals surface area contributed by atoms with Gasteiger partial charge in [-0.05, 0) is 36.8 Å². The molecule has 0 aliphatic heterocycles. The van der Waals surface area contributed by atoms with Crippen molar-refractivity contribution in [3.8, 4) is 5.75 Å². The predicted molar refractivity (Wildman–Crippen MR) is 155 cm³/mol. The van der Waals surface area contributed by atoms with Crippen LogP contribution in [0, 0.1) is 5.41 Å². The normalized spacial score (nSPS) is 11.7. The number of amides is 4. The number of ether oxygens (including phenoxy) is 1. The van der Waals surface area contributed by atoms with E-state index in [4.69, 9.17) is 33.2 Å². The summed E-state index contributed by atoms with van der Waals surface area (Å²) in [6.07, 6.45) is 0. The quantitative estimate of drug-likeness (QED) is 0.164. The fourth-order valence-electron chi connectivity index (χ4n) is 3.79. The van der Waals surface area contributed by atoms with Gasteiger partial charge in [0.2, 0.25) is 10.0 Å². The Hall–Kier alpha value is -4.62. The van der Waals surface area contributed by atoms with Crippen LogP contribution in [0.4, 0.5) is 10.5 Å². The van der Waals surface area contributed by atoms with Crippen molar-refractivity contribution in [3.63, 3.8) is 0 Å². The van der Waals surface area contributed by atoms with E-state index in [1.807, 2.05) is 0 Å². The Morgan fingerprint density at radius 3 is 2.32 bits per heavy atom. The fourth-order valence-corrected chi connectivity index (χ4v) is 5.56. The van der Waals surface area contributed by atoms with Gasteiger partial charge in [0, 0.05) is 35.3 Å². The number of carbonyl (C=O) groups excluding carboxylic acids is 3. The SMILES string of the molecule is CNC(=O)N(c1cc(Cl)cc(C(=O)NCc2ccc(C(=N)N)cc2OCC(N)=O)c1)S(=O)(=O)C(C)c1ccccc1. The Labute approximate surface area is 242 Å². The van der Waals surface area contributed by atoms with Gasteiger partial charge in [-0.3, -0.25) is 15.0 Å². The molecule has 1 atom stereocenters. The fraction of sp³-hybridized carbons (Fsp3) is 0.185. The maximum absolute atomic E-state index is 13.6. The van der Waals surface area contributed by atoms with Crippen LogP contribution < -0.4 is 31.1 Å². The summed E-state index contributed by atoms with van der Waals surface area (Å²) >= 11 is 6.26. The largest absolute Gasteiger partial charge is 0.483 e. The second-order valence-corrected chi connectivity index (χ2v) is 11.3. The average molecular weight is 601 g/mol. The van der Waals surface area contributed by atoms with Crippen LogP contribution >= 0.6 is 11.6 Å². The monoisotopic (exact) mass is 600 g/mol. The van der Waals surface area contributed by atoms with Gasteiger partial charge in [-0.25, -0.2) is 13.2 Å². The van der Waals surface area contributed by atoms with Crippen molar-refractivity contribution in [1.29, 1.82) is 5.41 Å². The molecule has 3 aromatic carbocycles. The second-order valence-electron chi connectivity index (χ2n) is 8.79. The molecule has 0 heterocycles. The van der Waals surface area contributed by atoms with Gasteiger partial charge in [0.05, 0.1) is 5.69 Å². The van der Waals surface area contributed by atoms with Crippen LogP contribution in [0.15, 0.2) is 66.7 Å². The molecule has 0 saturated carbocycles. The summed E-state index contributed by atoms with van der Waals surface area (Å²) in [7, 11) is -3.03. The van der Waals surface area contributed by atoms with Gasteiger partial charge < -0.3 is 26.8 Å². The summed E-state index contributed by atoms with van der Waals surface area (Å²) in [5, 5.41) is 11.5. The number of benzene rings is 3. The Balaban J connectivity index is 1.92. The third-order valence-corrected chi connectivity index (χ3v) is 8.20. The minimum absolute atomic E-state index is 0.0143. The molecule has 1 unspecified atom stereocenters. The van der Waals surface area contributed by atoms with Gasteiger partial charge in [-0.2, -0.15) is 4.31 Å². The lowest BCUT2D eigenvalue weighted by atomic mass is 10.1. The van der Waals surface area contributed by atoms with Crippen LogP contribution in [0.2, 0.25) is 5.02 Å². The highest BCUT2D eigenvalue weighted by molar-refractivity contribution is 7.93. The molecule has 0 fully saturated rings. The molecule has 3 rings (SSSR count). The summed E-state index contributed by atoms with van der Waals surface area (Å²) in [5.74, 6) is -1.42. The highest BCUT2D eigenvalue weighted by Gasteiger charge is 2.35. The molecule has 0 bridgehead atoms. The molecule has 216 valence electrons. The molecule has 12 nitrogen and oxygen atoms in total. The first kappa shape index (κ1) is 30.9. The van der Waals surface area contributed by atoms with Gasteiger partial charge in [-0.15, -0.1) is 0 Å². The van der Waals surface area contributed by atoms with Gasteiger partial charge >= 0.3 is 6.03 Å². The maximum atomic E-state index is 13.6. The number of hydrogen-bond donors (Lipinski definition) is 5. The van der Waals surface area contributed by atoms with Crippen LogP contribution in [-0.2, 0) is 21.4 Å². The van der Waals surface area contributed by atoms with Crippen molar-refractivity contribution in [1.82, 2.24) is 10.6 Å². The number of rotatable bonds is 11. The number of nitrogen functional groups attached to an aromatic ring is 1. The summed E-state index contributed by atoms with van der Waals surface area (Å²) in [4.78, 5) is 37.2. The molecule has 7 N–H and O–H groups in total. The van der Waals surface area contributed by atoms with Gasteiger partial charge in [0.1, 0.15) is 16.8 Å². The Kier molecular flexibility index (Phi) is 9.92. The number of halogens is 1. The number of anilines is 1. The number of urea groups is 1. The number of carbonyl (C=O) groups is 3. The third-order valence-electron chi connectivity index (χ3n) is 5.94. The zero-order chi connectivity index (χ0) is 30.3. The number of hydrogen-bond acceptors (Lipinski definition) is 7. The topological polar surface area (TPSA) is 198 Å². The first-order valence-corrected chi connectivity index (χ1v) is 14.0. The molecular formula is C27H29ClN6O6S. The van der Waals surface area contributed by atoms with E-state index in [2.05, 4.69) is 10.6 Å². The van der Waals surface area contributed by atoms with Gasteiger partial charge in [0.25, 0.3) is 11.8 Å². The van der Waals surface area contributed by atoms with E-state index in [1.165, 1.54) is 38.2 Å². The molecule has 14 heteroatoms. The first-order valence-electron chi connectivity index (χ1n) is 12.1. The molecule has 0 aliphatic rings. The third kappa shape index (κ3) is 7.52. The summed E-state index contributed by atoms with van der Waals surface area (Å²) in [5.41, 5.74) is 11.8. The van der Waals surface area contributed by atoms with E-state index in [0.717, 1.165) is 0 Å². The minimum atomic E-state index is -4.31. The smallest absolute Gasteiger partial charge is 0.335 e. The van der Waals surface area contributed by atoms with E-state index in [9.17, 15) is 22.8 Å². The molecule has 41 heavy (non-hydrogen) atoms. The molecule has 0 spiro atoms. The zero-order valence-electron chi connectivity index (χ0n) is 22.2. The molecule has 3 aromatic rings. The Morgan fingerprint density at radius 2 is 1.71 bits per heavy atom. The summed E-state index contributed by atoms with van der Waals surface area (Å²) in [6.45, 7) is 0.925. The minimum Gasteiger partial charge on any atom is -0.483 e. The van der Waals surface area contributed by atoms with Gasteiger partial charge in [-0.1, -0.05) is 54.1 Å². The summed E-state index contributed by atoms with van der Waals surface area (Å²) < 4.78 is 33.2. The van der Waals surface area contributed by atoms with E-state index >= 15 is 0 Å². The van der Waals surface area contributed by atoms with Crippen molar-refractivity contribution in [2.45, 2.75) is 18.7 Å². The zero-order valence-corrected chi connectivity index (χ0v) is 23.8. The number of sulfonamides is 1. The molecule has 0 radical (unpaired) electrons. The number of nitrogens with zero attached hydrogens (tertiary/aromatic N) is 1. The molecule has 0 aromatic heterocycles. The molecule has 0 aliphatic carbocycles. The lowest BCUT2D eigenvalue weighted by Crippen LogP contribution is -2.44. The van der Waals surface area contributed by atoms with Gasteiger partial charge in [0.15, 0.2) is 6.61 Å². The molecule has 4 amide bonds. The number of amidine groups is 1. The highest BCUT2D eigenvalue weighted by Crippen LogP contribution is 2.32. The summed E-state index contributed by atoms with van der Waals surface area (Å²) in [6, 6.07) is 15.8. The standard InChI is InChI=1S/C27H29ClN6O6S/c1-16(17-6-4-3-5-7-17)41(38,39)34(27(37)32-2)22-11-20(10-21(28)13-22)26(36)33-14-19-9-8-18(25(30)31)12-23(19)40-15-24(29)35/h3-13,16H,14-15H2,1-2H3,(H2,29,35)(H3,30,31)(H,32,37)(H,33,36). The highest BCUT2D eigenvalue weighted by atomic mass is 35.5. The van der Waals surface area contributed by atoms with Crippen LogP contribution in [-0.4, -0.2) is 45.8 Å². The van der Waals surface area contributed by atoms with Crippen molar-refractivity contribution in [3.05, 3.63) is 94.0 Å². The lowest BCUT2D eigenvalue weighted by Gasteiger charge is -2.26. The molecular weight excluding hydrogens is 572 g/mol. The van der Waals surface area contributed by atoms with Crippen molar-refractivity contribution < 1.29 is 27.5 Å². The van der Waals surface area contributed by atoms with Crippen molar-refractivity contribution >= 4 is 51.0 Å². The van der Waals surface area contributed by atoms with Crippen molar-refractivity contribution in [2.75, 3.05) is 18.0 Å². The molecule has 0 saturated heterocycles. The Morgan fingerprint density at radius 1 is 1.02 bits per heavy atom. The average Bonchev–Trinajstić information content (AvgIpc) is 2.94. The van der Waals surface area contributed by atoms with Crippen molar-refractivity contribution in [2.24, 2.45) is 11.5 Å². The Bertz CT molecular complexity index is 1580.